The second-order valence-electron chi connectivity index (χ2n) is 10.1. The summed E-state index contributed by atoms with van der Waals surface area (Å²) in [5.74, 6) is 0.309. The molecule has 44 heavy (non-hydrogen) atoms. The number of nitrogens with zero attached hydrogens (tertiary/aromatic N) is 3. The summed E-state index contributed by atoms with van der Waals surface area (Å²) in [6.45, 7) is 2.83. The Kier molecular flexibility index (Phi) is 10.4. The van der Waals surface area contributed by atoms with Crippen LogP contribution in [0.5, 0.6) is 5.75 Å². The van der Waals surface area contributed by atoms with Crippen LogP contribution in [0.2, 0.25) is 0 Å². The van der Waals surface area contributed by atoms with Crippen LogP contribution in [-0.4, -0.2) is 52.9 Å². The van der Waals surface area contributed by atoms with E-state index in [0.717, 1.165) is 16.9 Å². The number of nitrogens with two attached hydrogens (primary N) is 1. The topological polar surface area (TPSA) is 145 Å². The van der Waals surface area contributed by atoms with Gasteiger partial charge in [-0.05, 0) is 54.4 Å². The molecule has 0 fully saturated rings. The van der Waals surface area contributed by atoms with Gasteiger partial charge >= 0.3 is 0 Å². The van der Waals surface area contributed by atoms with Gasteiger partial charge in [-0.25, -0.2) is 0 Å². The molecule has 3 amide bonds. The van der Waals surface area contributed by atoms with Gasteiger partial charge in [-0.1, -0.05) is 36.4 Å². The van der Waals surface area contributed by atoms with E-state index < -0.39 is 0 Å². The Hall–Kier alpha value is -5.58. The second-order valence-corrected chi connectivity index (χ2v) is 10.1. The van der Waals surface area contributed by atoms with Gasteiger partial charge in [-0.3, -0.25) is 19.4 Å². The van der Waals surface area contributed by atoms with Crippen molar-refractivity contribution >= 4 is 47.1 Å². The molecule has 0 aliphatic carbocycles. The Bertz CT molecular complexity index is 1680. The summed E-state index contributed by atoms with van der Waals surface area (Å²) in [6.07, 6.45) is 7.72. The molecule has 0 aliphatic heterocycles. The molecule has 0 aliphatic rings. The molecule has 0 unspecified atom stereocenters. The molecule has 0 bridgehead atoms. The number of rotatable bonds is 12. The first-order chi connectivity index (χ1) is 21.2. The lowest BCUT2D eigenvalue weighted by Crippen LogP contribution is -2.29. The van der Waals surface area contributed by atoms with Gasteiger partial charge in [-0.15, -0.1) is 0 Å². The smallest absolute Gasteiger partial charge is 0.272 e. The number of nitrogens with one attached hydrogen (secondary N) is 3. The lowest BCUT2D eigenvalue weighted by Gasteiger charge is -2.05. The molecular formula is C33H37N7O4. The summed E-state index contributed by atoms with van der Waals surface area (Å²) < 4.78 is 8.44. The van der Waals surface area contributed by atoms with E-state index in [1.54, 1.807) is 67.0 Å². The lowest BCUT2D eigenvalue weighted by atomic mass is 10.1. The van der Waals surface area contributed by atoms with Gasteiger partial charge < -0.3 is 35.6 Å². The highest BCUT2D eigenvalue weighted by Gasteiger charge is 2.17. The van der Waals surface area contributed by atoms with Crippen LogP contribution in [-0.2, 0) is 14.1 Å². The van der Waals surface area contributed by atoms with E-state index in [4.69, 9.17) is 10.5 Å². The van der Waals surface area contributed by atoms with Gasteiger partial charge in [0.2, 0.25) is 0 Å². The fraction of sp³-hybridized carbons (Fsp3) is 0.212. The first-order valence-corrected chi connectivity index (χ1v) is 14.1. The molecule has 0 spiro atoms. The van der Waals surface area contributed by atoms with Gasteiger partial charge in [0.25, 0.3) is 17.7 Å². The van der Waals surface area contributed by atoms with E-state index in [9.17, 15) is 14.4 Å². The summed E-state index contributed by atoms with van der Waals surface area (Å²) in [6, 6.07) is 18.1. The second kappa shape index (κ2) is 14.5. The number of carbonyl (C=O) groups is 3. The molecule has 0 saturated heterocycles. The largest absolute Gasteiger partial charge is 0.497 e. The third-order valence-corrected chi connectivity index (χ3v) is 6.78. The standard InChI is InChI=1S/C33H37N7O4/c1-5-35-30(34)16-17-36-32(42)28-18-26(21-39(28)2)38-33(43)29-19-25(20-40(29)3)37-31(41)24-12-8-22(9-13-24)6-7-23-10-14-27(44-4)15-11-23/h6-15,18-21H,5,16-17H2,1-4H3,(H2,34,35)(H,36,42)(H,37,41)(H,38,43)/b7-6+. The van der Waals surface area contributed by atoms with Crippen molar-refractivity contribution in [3.63, 3.8) is 0 Å². The number of amides is 3. The molecule has 0 saturated carbocycles. The van der Waals surface area contributed by atoms with Gasteiger partial charge in [-0.2, -0.15) is 0 Å². The third kappa shape index (κ3) is 8.25. The van der Waals surface area contributed by atoms with Gasteiger partial charge in [0, 0.05) is 51.6 Å². The van der Waals surface area contributed by atoms with Crippen LogP contribution < -0.4 is 26.4 Å². The Morgan fingerprint density at radius 1 is 0.818 bits per heavy atom. The van der Waals surface area contributed by atoms with Crippen LogP contribution in [0, 0.1) is 0 Å². The number of aliphatic imine (C=N–C) groups is 1. The SMILES string of the molecule is CCN=C(N)CCNC(=O)c1cc(NC(=O)c2cc(NC(=O)c3ccc(/C=C/c4ccc(OC)cc4)cc3)cn2C)cn1C. The fourth-order valence-corrected chi connectivity index (χ4v) is 4.45. The predicted octanol–water partition coefficient (Wildman–Crippen LogP) is 4.54. The lowest BCUT2D eigenvalue weighted by molar-refractivity contribution is 0.0945. The van der Waals surface area contributed by atoms with Crippen LogP contribution in [0.1, 0.15) is 55.8 Å². The number of benzene rings is 2. The Labute approximate surface area is 256 Å². The zero-order valence-corrected chi connectivity index (χ0v) is 25.3. The van der Waals surface area contributed by atoms with Crippen molar-refractivity contribution in [3.8, 4) is 5.75 Å². The minimum Gasteiger partial charge on any atom is -0.497 e. The molecule has 4 rings (SSSR count). The number of hydrogen-bond acceptors (Lipinski definition) is 5. The zero-order chi connectivity index (χ0) is 31.6. The molecular weight excluding hydrogens is 558 g/mol. The minimum absolute atomic E-state index is 0.289. The fourth-order valence-electron chi connectivity index (χ4n) is 4.45. The number of ether oxygens (including phenoxy) is 1. The highest BCUT2D eigenvalue weighted by molar-refractivity contribution is 6.07. The van der Waals surface area contributed by atoms with Crippen molar-refractivity contribution in [2.75, 3.05) is 30.8 Å². The first kappa shape index (κ1) is 31.4. The molecule has 11 heteroatoms. The van der Waals surface area contributed by atoms with Crippen molar-refractivity contribution < 1.29 is 19.1 Å². The summed E-state index contributed by atoms with van der Waals surface area (Å²) in [4.78, 5) is 42.6. The van der Waals surface area contributed by atoms with Crippen molar-refractivity contribution in [3.05, 3.63) is 101 Å². The van der Waals surface area contributed by atoms with E-state index in [0.29, 0.717) is 53.7 Å². The maximum atomic E-state index is 13.0. The van der Waals surface area contributed by atoms with Crippen molar-refractivity contribution in [1.82, 2.24) is 14.5 Å². The van der Waals surface area contributed by atoms with Gasteiger partial charge in [0.15, 0.2) is 0 Å². The number of carbonyl (C=O) groups excluding carboxylic acids is 3. The highest BCUT2D eigenvalue weighted by atomic mass is 16.5. The number of hydrogen-bond donors (Lipinski definition) is 4. The van der Waals surface area contributed by atoms with Gasteiger partial charge in [0.05, 0.1) is 24.3 Å². The maximum Gasteiger partial charge on any atom is 0.272 e. The first-order valence-electron chi connectivity index (χ1n) is 14.1. The molecule has 4 aromatic rings. The number of methoxy groups -OCH3 is 1. The van der Waals surface area contributed by atoms with Crippen molar-refractivity contribution in [2.45, 2.75) is 13.3 Å². The van der Waals surface area contributed by atoms with Crippen LogP contribution >= 0.6 is 0 Å². The molecule has 2 aromatic carbocycles. The zero-order valence-electron chi connectivity index (χ0n) is 25.3. The molecule has 228 valence electrons. The molecule has 5 N–H and O–H groups in total. The van der Waals surface area contributed by atoms with E-state index in [2.05, 4.69) is 20.9 Å². The number of amidine groups is 1. The van der Waals surface area contributed by atoms with E-state index in [-0.39, 0.29) is 17.7 Å². The Morgan fingerprint density at radius 2 is 1.34 bits per heavy atom. The third-order valence-electron chi connectivity index (χ3n) is 6.78. The minimum atomic E-state index is -0.387. The summed E-state index contributed by atoms with van der Waals surface area (Å²) in [5.41, 5.74) is 9.90. The van der Waals surface area contributed by atoms with Crippen LogP contribution in [0.4, 0.5) is 11.4 Å². The van der Waals surface area contributed by atoms with Crippen molar-refractivity contribution in [2.24, 2.45) is 24.8 Å². The highest BCUT2D eigenvalue weighted by Crippen LogP contribution is 2.19. The quantitative estimate of drug-likeness (QED) is 0.108. The average molecular weight is 596 g/mol. The number of aryl methyl sites for hydroxylation is 2. The van der Waals surface area contributed by atoms with E-state index in [1.165, 1.54) is 0 Å². The Morgan fingerprint density at radius 3 is 1.89 bits per heavy atom. The molecule has 11 nitrogen and oxygen atoms in total. The number of aromatic nitrogens is 2. The summed E-state index contributed by atoms with van der Waals surface area (Å²) in [7, 11) is 5.07. The molecule has 0 radical (unpaired) electrons. The van der Waals surface area contributed by atoms with Gasteiger partial charge in [0.1, 0.15) is 17.1 Å². The normalized spacial score (nSPS) is 11.4. The summed E-state index contributed by atoms with van der Waals surface area (Å²) in [5, 5.41) is 8.47. The van der Waals surface area contributed by atoms with E-state index in [1.807, 2.05) is 55.5 Å². The predicted molar refractivity (Wildman–Crippen MR) is 174 cm³/mol. The monoisotopic (exact) mass is 595 g/mol. The maximum absolute atomic E-state index is 13.0. The average Bonchev–Trinajstić information content (AvgIpc) is 3.57. The Balaban J connectivity index is 1.33. The van der Waals surface area contributed by atoms with Crippen molar-refractivity contribution in [1.29, 1.82) is 0 Å². The van der Waals surface area contributed by atoms with E-state index >= 15 is 0 Å². The van der Waals surface area contributed by atoms with Crippen LogP contribution in [0.3, 0.4) is 0 Å². The van der Waals surface area contributed by atoms with Crippen LogP contribution in [0.25, 0.3) is 12.2 Å². The molecule has 0 atom stereocenters. The number of anilines is 2. The molecule has 2 heterocycles. The van der Waals surface area contributed by atoms with Crippen LogP contribution in [0.15, 0.2) is 78.0 Å². The molecule has 2 aromatic heterocycles. The summed E-state index contributed by atoms with van der Waals surface area (Å²) >= 11 is 0.